The van der Waals surface area contributed by atoms with Crippen LogP contribution in [-0.4, -0.2) is 25.7 Å². The van der Waals surface area contributed by atoms with Gasteiger partial charge in [0, 0.05) is 13.7 Å². The number of rotatable bonds is 1. The normalized spacial score (nSPS) is 17.9. The third-order valence-corrected chi connectivity index (χ3v) is 5.63. The molecule has 0 aliphatic carbocycles. The van der Waals surface area contributed by atoms with E-state index in [2.05, 4.69) is 77.7 Å². The topological polar surface area (TPSA) is 62.7 Å². The van der Waals surface area contributed by atoms with Crippen LogP contribution in [0, 0.1) is 7.14 Å². The number of hydrogen-bond donors (Lipinski definition) is 2. The Labute approximate surface area is 132 Å². The molecule has 0 fully saturated rings. The summed E-state index contributed by atoms with van der Waals surface area (Å²) in [5.74, 6) is 0.460. The predicted octanol–water partition coefficient (Wildman–Crippen LogP) is 2.25. The van der Waals surface area contributed by atoms with Crippen molar-refractivity contribution in [1.82, 2.24) is 10.6 Å². The van der Waals surface area contributed by atoms with Crippen LogP contribution in [0.3, 0.4) is 0 Å². The van der Waals surface area contributed by atoms with E-state index >= 15 is 0 Å². The molecule has 5 nitrogen and oxygen atoms in total. The number of nitrogens with zero attached hydrogens (tertiary/aromatic N) is 1. The van der Waals surface area contributed by atoms with Crippen LogP contribution >= 0.6 is 45.2 Å². The molecule has 1 aromatic rings. The minimum absolute atomic E-state index is 0.0266. The number of methoxy groups -OCH3 is 1. The molecule has 1 aliphatic rings. The molecule has 2 N–H and O–H groups in total. The third kappa shape index (κ3) is 3.05. The first-order chi connectivity index (χ1) is 8.61. The summed E-state index contributed by atoms with van der Waals surface area (Å²) >= 11 is 4.62. The number of ether oxygens (including phenoxy) is 1. The smallest absolute Gasteiger partial charge is 0.413 e. The van der Waals surface area contributed by atoms with Crippen molar-refractivity contribution in [2.45, 2.75) is 6.04 Å². The molecule has 0 bridgehead atoms. The van der Waals surface area contributed by atoms with E-state index in [1.165, 1.54) is 14.3 Å². The standard InChI is InChI=1S/C11H11I2N3O2/c1-18-11(17)16-10-14-5-8(15-10)6-3-2-4-7(12)9(6)13/h2-4,8H,5H2,1H3,(H2,14,15,16,17). The van der Waals surface area contributed by atoms with Gasteiger partial charge in [-0.3, -0.25) is 5.32 Å². The highest BCUT2D eigenvalue weighted by Crippen LogP contribution is 2.27. The fraction of sp³-hybridized carbons (Fsp3) is 0.273. The first kappa shape index (κ1) is 13.8. The number of carbonyl (C=O) groups excluding carboxylic acids is 1. The molecule has 7 heteroatoms. The summed E-state index contributed by atoms with van der Waals surface area (Å²) in [5.41, 5.74) is 1.16. The zero-order valence-electron chi connectivity index (χ0n) is 9.54. The second-order valence-electron chi connectivity index (χ2n) is 3.63. The largest absolute Gasteiger partial charge is 0.453 e. The molecule has 0 spiro atoms. The van der Waals surface area contributed by atoms with Crippen LogP contribution in [0.2, 0.25) is 0 Å². The van der Waals surface area contributed by atoms with Crippen molar-refractivity contribution in [3.63, 3.8) is 0 Å². The summed E-state index contributed by atoms with van der Waals surface area (Å²) in [5, 5.41) is 5.59. The Morgan fingerprint density at radius 1 is 1.56 bits per heavy atom. The number of aliphatic imine (C=N–C) groups is 1. The molecule has 1 aromatic carbocycles. The van der Waals surface area contributed by atoms with Crippen molar-refractivity contribution in [1.29, 1.82) is 0 Å². The monoisotopic (exact) mass is 471 g/mol. The molecule has 18 heavy (non-hydrogen) atoms. The first-order valence-corrected chi connectivity index (χ1v) is 7.38. The Hall–Kier alpha value is -0.580. The van der Waals surface area contributed by atoms with Crippen LogP contribution in [0.5, 0.6) is 0 Å². The molecule has 1 aliphatic heterocycles. The van der Waals surface area contributed by atoms with Crippen molar-refractivity contribution < 1.29 is 9.53 Å². The summed E-state index contributed by atoms with van der Waals surface area (Å²) in [6.07, 6.45) is -0.515. The highest BCUT2D eigenvalue weighted by atomic mass is 127. The van der Waals surface area contributed by atoms with E-state index in [1.807, 2.05) is 6.07 Å². The van der Waals surface area contributed by atoms with Crippen molar-refractivity contribution in [2.75, 3.05) is 13.7 Å². The van der Waals surface area contributed by atoms with Gasteiger partial charge in [-0.1, -0.05) is 12.1 Å². The third-order valence-electron chi connectivity index (χ3n) is 2.49. The van der Waals surface area contributed by atoms with E-state index in [0.29, 0.717) is 12.5 Å². The number of carbonyl (C=O) groups is 1. The van der Waals surface area contributed by atoms with Crippen molar-refractivity contribution >= 4 is 57.2 Å². The van der Waals surface area contributed by atoms with Crippen LogP contribution < -0.4 is 10.6 Å². The highest BCUT2D eigenvalue weighted by molar-refractivity contribution is 14.1. The average Bonchev–Trinajstić information content (AvgIpc) is 2.80. The lowest BCUT2D eigenvalue weighted by atomic mass is 10.1. The van der Waals surface area contributed by atoms with Gasteiger partial charge < -0.3 is 10.1 Å². The number of benzene rings is 1. The van der Waals surface area contributed by atoms with Crippen molar-refractivity contribution in [3.8, 4) is 0 Å². The van der Waals surface area contributed by atoms with E-state index in [9.17, 15) is 4.79 Å². The van der Waals surface area contributed by atoms with Gasteiger partial charge in [-0.25, -0.2) is 9.79 Å². The maximum absolute atomic E-state index is 11.1. The minimum Gasteiger partial charge on any atom is -0.453 e. The van der Waals surface area contributed by atoms with E-state index in [-0.39, 0.29) is 6.04 Å². The van der Waals surface area contributed by atoms with E-state index in [0.717, 1.165) is 5.56 Å². The van der Waals surface area contributed by atoms with Gasteiger partial charge in [0.15, 0.2) is 0 Å². The molecule has 1 atom stereocenters. The number of nitrogens with one attached hydrogen (secondary N) is 2. The van der Waals surface area contributed by atoms with Gasteiger partial charge in [-0.05, 0) is 56.8 Å². The van der Waals surface area contributed by atoms with Crippen molar-refractivity contribution in [3.05, 3.63) is 30.9 Å². The maximum Gasteiger partial charge on any atom is 0.413 e. The molecule has 2 rings (SSSR count). The number of guanidine groups is 1. The van der Waals surface area contributed by atoms with Gasteiger partial charge in [0.25, 0.3) is 0 Å². The summed E-state index contributed by atoms with van der Waals surface area (Å²) in [4.78, 5) is 15.5. The number of alkyl carbamates (subject to hydrolysis) is 1. The van der Waals surface area contributed by atoms with Gasteiger partial charge in [0.05, 0.1) is 13.2 Å². The Morgan fingerprint density at radius 3 is 3.06 bits per heavy atom. The summed E-state index contributed by atoms with van der Waals surface area (Å²) in [7, 11) is 1.32. The van der Waals surface area contributed by atoms with E-state index < -0.39 is 6.09 Å². The van der Waals surface area contributed by atoms with E-state index in [1.54, 1.807) is 0 Å². The lowest BCUT2D eigenvalue weighted by Crippen LogP contribution is -2.37. The fourth-order valence-corrected chi connectivity index (χ4v) is 2.86. The summed E-state index contributed by atoms with van der Waals surface area (Å²) in [6.45, 7) is 0.676. The number of hydrogen-bond acceptors (Lipinski definition) is 4. The molecule has 1 heterocycles. The van der Waals surface area contributed by atoms with Gasteiger partial charge >= 0.3 is 6.09 Å². The van der Waals surface area contributed by atoms with Crippen LogP contribution in [-0.2, 0) is 4.74 Å². The van der Waals surface area contributed by atoms with Gasteiger partial charge in [0.2, 0.25) is 5.96 Å². The SMILES string of the molecule is COC(=O)NC1=NC(c2cccc(I)c2I)CN1. The number of amides is 1. The molecule has 1 amide bonds. The molecule has 0 saturated heterocycles. The molecule has 1 unspecified atom stereocenters. The Morgan fingerprint density at radius 2 is 2.33 bits per heavy atom. The van der Waals surface area contributed by atoms with Crippen molar-refractivity contribution in [2.24, 2.45) is 4.99 Å². The van der Waals surface area contributed by atoms with Crippen LogP contribution in [0.4, 0.5) is 4.79 Å². The molecule has 0 saturated carbocycles. The number of halogens is 2. The summed E-state index contributed by atoms with van der Waals surface area (Å²) in [6, 6.07) is 6.16. The molecular weight excluding hydrogens is 460 g/mol. The van der Waals surface area contributed by atoms with Gasteiger partial charge in [0.1, 0.15) is 0 Å². The first-order valence-electron chi connectivity index (χ1n) is 5.22. The zero-order valence-corrected chi connectivity index (χ0v) is 13.9. The molecule has 96 valence electrons. The average molecular weight is 471 g/mol. The van der Waals surface area contributed by atoms with Crippen LogP contribution in [0.25, 0.3) is 0 Å². The lowest BCUT2D eigenvalue weighted by Gasteiger charge is -2.09. The lowest BCUT2D eigenvalue weighted by molar-refractivity contribution is 0.176. The predicted molar refractivity (Wildman–Crippen MR) is 85.6 cm³/mol. The Balaban J connectivity index is 2.16. The second-order valence-corrected chi connectivity index (χ2v) is 5.87. The van der Waals surface area contributed by atoms with E-state index in [4.69, 9.17) is 0 Å². The van der Waals surface area contributed by atoms with Gasteiger partial charge in [-0.2, -0.15) is 0 Å². The molecule has 0 radical (unpaired) electrons. The van der Waals surface area contributed by atoms with Gasteiger partial charge in [-0.15, -0.1) is 0 Å². The molecular formula is C11H11I2N3O2. The molecule has 0 aromatic heterocycles. The zero-order chi connectivity index (χ0) is 13.1. The highest BCUT2D eigenvalue weighted by Gasteiger charge is 2.22. The Kier molecular flexibility index (Phi) is 4.65. The summed E-state index contributed by atoms with van der Waals surface area (Å²) < 4.78 is 6.93. The second kappa shape index (κ2) is 6.04. The fourth-order valence-electron chi connectivity index (χ4n) is 1.62. The maximum atomic E-state index is 11.1. The minimum atomic E-state index is -0.515. The van der Waals surface area contributed by atoms with Crippen LogP contribution in [0.15, 0.2) is 23.2 Å². The quantitative estimate of drug-likeness (QED) is 0.619. The Bertz CT molecular complexity index is 505. The van der Waals surface area contributed by atoms with Crippen LogP contribution in [0.1, 0.15) is 11.6 Å².